The lowest BCUT2D eigenvalue weighted by Gasteiger charge is -1.94. The molecule has 1 rings (SSSR count). The quantitative estimate of drug-likeness (QED) is 0.569. The summed E-state index contributed by atoms with van der Waals surface area (Å²) in [5.41, 5.74) is 5.36. The van der Waals surface area contributed by atoms with Gasteiger partial charge in [0.25, 0.3) is 0 Å². The molecule has 0 spiro atoms. The van der Waals surface area contributed by atoms with Crippen LogP contribution in [0.2, 0.25) is 0 Å². The Morgan fingerprint density at radius 1 is 1.42 bits per heavy atom. The molecule has 0 saturated heterocycles. The second-order valence-corrected chi connectivity index (χ2v) is 3.71. The van der Waals surface area contributed by atoms with Crippen LogP contribution < -0.4 is 5.73 Å². The fraction of sp³-hybridized carbons (Fsp3) is 0.286. The number of phenolic OH excluding ortho intramolecular Hbond substituents is 1. The van der Waals surface area contributed by atoms with Crippen molar-refractivity contribution < 1.29 is 15.0 Å². The van der Waals surface area contributed by atoms with E-state index in [-0.39, 0.29) is 11.3 Å². The number of nitrogens with zero attached hydrogens (tertiary/aromatic N) is 1. The molecule has 4 N–H and O–H groups in total. The number of rotatable bonds is 4. The minimum atomic E-state index is -1.26. The number of aliphatic carboxylic acids is 1. The number of unbranched alkanes of at least 4 members (excludes halogenated alkanes) is 1. The highest BCUT2D eigenvalue weighted by molar-refractivity contribution is 5.96. The highest BCUT2D eigenvalue weighted by atomic mass is 16.4. The van der Waals surface area contributed by atoms with E-state index in [4.69, 9.17) is 21.2 Å². The molecular formula is C14H18N2O3. The van der Waals surface area contributed by atoms with E-state index in [2.05, 4.69) is 6.92 Å². The highest BCUT2D eigenvalue weighted by Crippen LogP contribution is 2.12. The molecule has 0 aliphatic carbocycles. The standard InChI is InChI=1S/C10H7NO3.C4H11N/c11-6-8(10(13)14)5-7-1-3-9(12)4-2-7;1-2-3-4-5/h1-5,12H,(H,13,14);2-5H2,1H3/b8-5+;. The molecule has 19 heavy (non-hydrogen) atoms. The molecule has 0 heterocycles. The van der Waals surface area contributed by atoms with Gasteiger partial charge in [0.2, 0.25) is 0 Å². The number of hydrogen-bond donors (Lipinski definition) is 3. The summed E-state index contributed by atoms with van der Waals surface area (Å²) in [6.07, 6.45) is 3.62. The Bertz CT molecular complexity index is 457. The van der Waals surface area contributed by atoms with Crippen molar-refractivity contribution in [3.63, 3.8) is 0 Å². The van der Waals surface area contributed by atoms with Gasteiger partial charge >= 0.3 is 5.97 Å². The van der Waals surface area contributed by atoms with E-state index < -0.39 is 5.97 Å². The van der Waals surface area contributed by atoms with Gasteiger partial charge in [-0.2, -0.15) is 5.26 Å². The summed E-state index contributed by atoms with van der Waals surface area (Å²) in [7, 11) is 0. The number of benzene rings is 1. The third kappa shape index (κ3) is 7.58. The predicted octanol–water partition coefficient (Wildman–Crippen LogP) is 2.13. The van der Waals surface area contributed by atoms with Gasteiger partial charge in [0, 0.05) is 0 Å². The van der Waals surface area contributed by atoms with E-state index in [0.717, 1.165) is 6.54 Å². The molecule has 0 atom stereocenters. The van der Waals surface area contributed by atoms with Crippen molar-refractivity contribution in [3.8, 4) is 11.8 Å². The molecule has 0 bridgehead atoms. The molecule has 0 aliphatic heterocycles. The first kappa shape index (κ1) is 16.7. The molecule has 102 valence electrons. The molecule has 5 heteroatoms. The monoisotopic (exact) mass is 262 g/mol. The maximum Gasteiger partial charge on any atom is 0.346 e. The van der Waals surface area contributed by atoms with E-state index in [1.54, 1.807) is 6.07 Å². The zero-order valence-electron chi connectivity index (χ0n) is 10.8. The SMILES string of the molecule is CCCCN.N#C/C(=C\c1ccc(O)cc1)C(=O)O. The number of carbonyl (C=O) groups is 1. The van der Waals surface area contributed by atoms with Crippen LogP contribution in [0.15, 0.2) is 29.8 Å². The largest absolute Gasteiger partial charge is 0.508 e. The lowest BCUT2D eigenvalue weighted by atomic mass is 10.1. The summed E-state index contributed by atoms with van der Waals surface area (Å²) in [5, 5.41) is 26.0. The van der Waals surface area contributed by atoms with Crippen molar-refractivity contribution in [3.05, 3.63) is 35.4 Å². The van der Waals surface area contributed by atoms with Crippen molar-refractivity contribution in [1.82, 2.24) is 0 Å². The lowest BCUT2D eigenvalue weighted by Crippen LogP contribution is -1.97. The van der Waals surface area contributed by atoms with Crippen LogP contribution in [0.1, 0.15) is 25.3 Å². The summed E-state index contributed by atoms with van der Waals surface area (Å²) in [6.45, 7) is 2.98. The van der Waals surface area contributed by atoms with Crippen molar-refractivity contribution in [1.29, 1.82) is 5.26 Å². The second-order valence-electron chi connectivity index (χ2n) is 3.71. The molecule has 1 aromatic rings. The molecule has 0 aromatic heterocycles. The first-order chi connectivity index (χ1) is 9.04. The van der Waals surface area contributed by atoms with Crippen LogP contribution in [-0.4, -0.2) is 22.7 Å². The van der Waals surface area contributed by atoms with E-state index in [1.807, 2.05) is 0 Å². The van der Waals surface area contributed by atoms with Crippen LogP contribution in [0.25, 0.3) is 6.08 Å². The topological polar surface area (TPSA) is 107 Å². The van der Waals surface area contributed by atoms with Crippen molar-refractivity contribution in [2.45, 2.75) is 19.8 Å². The first-order valence-electron chi connectivity index (χ1n) is 5.89. The predicted molar refractivity (Wildman–Crippen MR) is 73.3 cm³/mol. The Labute approximate surface area is 112 Å². The number of phenols is 1. The average molecular weight is 262 g/mol. The van der Waals surface area contributed by atoms with E-state index in [9.17, 15) is 4.79 Å². The lowest BCUT2D eigenvalue weighted by molar-refractivity contribution is -0.132. The van der Waals surface area contributed by atoms with Crippen LogP contribution in [0.5, 0.6) is 5.75 Å². The smallest absolute Gasteiger partial charge is 0.346 e. The molecule has 0 amide bonds. The molecule has 1 aromatic carbocycles. The summed E-state index contributed by atoms with van der Waals surface area (Å²) in [4.78, 5) is 10.5. The molecule has 0 saturated carbocycles. The van der Waals surface area contributed by atoms with Crippen molar-refractivity contribution >= 4 is 12.0 Å². The molecule has 0 radical (unpaired) electrons. The summed E-state index contributed by atoms with van der Waals surface area (Å²) in [5.74, 6) is -1.17. The maximum atomic E-state index is 10.5. The number of aromatic hydroxyl groups is 1. The van der Waals surface area contributed by atoms with Gasteiger partial charge in [0.15, 0.2) is 0 Å². The fourth-order valence-corrected chi connectivity index (χ4v) is 1.08. The zero-order valence-corrected chi connectivity index (χ0v) is 10.8. The van der Waals surface area contributed by atoms with E-state index in [0.29, 0.717) is 5.56 Å². The molecule has 5 nitrogen and oxygen atoms in total. The van der Waals surface area contributed by atoms with Gasteiger partial charge in [-0.15, -0.1) is 0 Å². The molecular weight excluding hydrogens is 244 g/mol. The molecule has 0 aliphatic rings. The first-order valence-corrected chi connectivity index (χ1v) is 5.89. The number of carboxylic acid groups (broad SMARTS) is 1. The van der Waals surface area contributed by atoms with Gasteiger partial charge in [-0.3, -0.25) is 0 Å². The van der Waals surface area contributed by atoms with Crippen LogP contribution in [0.3, 0.4) is 0 Å². The summed E-state index contributed by atoms with van der Waals surface area (Å²) >= 11 is 0. The fourth-order valence-electron chi connectivity index (χ4n) is 1.08. The van der Waals surface area contributed by atoms with Crippen LogP contribution in [0.4, 0.5) is 0 Å². The van der Waals surface area contributed by atoms with Gasteiger partial charge < -0.3 is 15.9 Å². The van der Waals surface area contributed by atoms with Crippen LogP contribution in [-0.2, 0) is 4.79 Å². The third-order valence-corrected chi connectivity index (χ3v) is 2.11. The van der Waals surface area contributed by atoms with E-state index >= 15 is 0 Å². The highest BCUT2D eigenvalue weighted by Gasteiger charge is 2.04. The van der Waals surface area contributed by atoms with Crippen LogP contribution in [0, 0.1) is 11.3 Å². The second kappa shape index (κ2) is 9.68. The Balaban J connectivity index is 0.000000555. The zero-order chi connectivity index (χ0) is 14.7. The minimum Gasteiger partial charge on any atom is -0.508 e. The van der Waals surface area contributed by atoms with Crippen LogP contribution >= 0.6 is 0 Å². The average Bonchev–Trinajstić information content (AvgIpc) is 2.39. The summed E-state index contributed by atoms with van der Waals surface area (Å²) in [6, 6.07) is 7.45. The number of nitriles is 1. The Morgan fingerprint density at radius 2 is 2.00 bits per heavy atom. The molecule has 0 unspecified atom stereocenters. The Kier molecular flexibility index (Phi) is 8.50. The number of hydrogen-bond acceptors (Lipinski definition) is 4. The summed E-state index contributed by atoms with van der Waals surface area (Å²) < 4.78 is 0. The minimum absolute atomic E-state index is 0.0935. The van der Waals surface area contributed by atoms with Crippen molar-refractivity contribution in [2.24, 2.45) is 5.73 Å². The molecule has 0 fully saturated rings. The van der Waals surface area contributed by atoms with E-state index in [1.165, 1.54) is 43.2 Å². The number of carboxylic acids is 1. The number of nitrogens with two attached hydrogens (primary N) is 1. The maximum absolute atomic E-state index is 10.5. The van der Waals surface area contributed by atoms with Crippen molar-refractivity contribution in [2.75, 3.05) is 6.54 Å². The third-order valence-electron chi connectivity index (χ3n) is 2.11. The van der Waals surface area contributed by atoms with Gasteiger partial charge in [0.05, 0.1) is 0 Å². The van der Waals surface area contributed by atoms with Gasteiger partial charge in [-0.1, -0.05) is 25.5 Å². The van der Waals surface area contributed by atoms with Gasteiger partial charge in [0.1, 0.15) is 17.4 Å². The normalized spacial score (nSPS) is 10.1. The van der Waals surface area contributed by atoms with Gasteiger partial charge in [-0.05, 0) is 36.7 Å². The Hall–Kier alpha value is -2.32. The van der Waals surface area contributed by atoms with Gasteiger partial charge in [-0.25, -0.2) is 4.79 Å². The Morgan fingerprint density at radius 3 is 2.32 bits per heavy atom.